The average Bonchev–Trinajstić information content (AvgIpc) is 3.17. The minimum absolute atomic E-state index is 0.101. The lowest BCUT2D eigenvalue weighted by Crippen LogP contribution is -2.49. The highest BCUT2D eigenvalue weighted by Crippen LogP contribution is 2.61. The second-order valence-corrected chi connectivity index (χ2v) is 11.7. The van der Waals surface area contributed by atoms with Crippen molar-refractivity contribution in [3.8, 4) is 16.9 Å². The number of nitriles is 1. The van der Waals surface area contributed by atoms with Crippen molar-refractivity contribution in [2.45, 2.75) is 77.7 Å². The zero-order valence-corrected chi connectivity index (χ0v) is 21.2. The summed E-state index contributed by atoms with van der Waals surface area (Å²) < 4.78 is 11.2. The molecule has 4 aliphatic carbocycles. The van der Waals surface area contributed by atoms with Crippen LogP contribution in [0.25, 0.3) is 0 Å². The van der Waals surface area contributed by atoms with E-state index in [-0.39, 0.29) is 5.41 Å². The molecule has 0 N–H and O–H groups in total. The van der Waals surface area contributed by atoms with Gasteiger partial charge < -0.3 is 9.64 Å². The maximum Gasteiger partial charge on any atom is 0.218 e. The van der Waals surface area contributed by atoms with E-state index in [0.717, 1.165) is 46.0 Å². The topological polar surface area (TPSA) is 61.5 Å². The molecule has 0 atom stereocenters. The third kappa shape index (κ3) is 4.05. The number of aromatic nitrogens is 1. The van der Waals surface area contributed by atoms with E-state index >= 15 is 0 Å². The van der Waals surface area contributed by atoms with Gasteiger partial charge in [0.25, 0.3) is 0 Å². The number of benzene rings is 1. The molecule has 1 heterocycles. The van der Waals surface area contributed by atoms with Crippen LogP contribution in [-0.2, 0) is 5.41 Å². The van der Waals surface area contributed by atoms with Crippen LogP contribution in [0.4, 0.5) is 5.69 Å². The Balaban J connectivity index is 1.41. The van der Waals surface area contributed by atoms with Crippen LogP contribution >= 0.6 is 11.5 Å². The Morgan fingerprint density at radius 1 is 1.15 bits per heavy atom. The van der Waals surface area contributed by atoms with E-state index in [2.05, 4.69) is 35.9 Å². The summed E-state index contributed by atoms with van der Waals surface area (Å²) >= 11 is 1.35. The lowest BCUT2D eigenvalue weighted by Gasteiger charge is -2.56. The van der Waals surface area contributed by atoms with Crippen molar-refractivity contribution >= 4 is 23.6 Å². The van der Waals surface area contributed by atoms with Crippen molar-refractivity contribution in [3.63, 3.8) is 0 Å². The first-order valence-corrected chi connectivity index (χ1v) is 13.0. The third-order valence-electron chi connectivity index (χ3n) is 8.20. The zero-order valence-electron chi connectivity index (χ0n) is 20.4. The average molecular weight is 463 g/mol. The van der Waals surface area contributed by atoms with E-state index in [1.165, 1.54) is 50.1 Å². The van der Waals surface area contributed by atoms with Crippen LogP contribution in [0.5, 0.6) is 10.8 Å². The van der Waals surface area contributed by atoms with E-state index in [0.29, 0.717) is 16.7 Å². The largest absolute Gasteiger partial charge is 0.443 e. The number of aliphatic imine (C=N–C) groups is 1. The summed E-state index contributed by atoms with van der Waals surface area (Å²) in [5.41, 5.74) is 4.79. The second kappa shape index (κ2) is 8.43. The van der Waals surface area contributed by atoms with Gasteiger partial charge in [0.2, 0.25) is 5.06 Å². The fourth-order valence-corrected chi connectivity index (χ4v) is 7.44. The molecule has 4 saturated carbocycles. The second-order valence-electron chi connectivity index (χ2n) is 11.0. The van der Waals surface area contributed by atoms with Gasteiger partial charge in [0.05, 0.1) is 17.7 Å². The van der Waals surface area contributed by atoms with Gasteiger partial charge in [0.15, 0.2) is 0 Å². The maximum atomic E-state index is 10.1. The van der Waals surface area contributed by atoms with Crippen LogP contribution in [0.3, 0.4) is 0 Å². The fourth-order valence-electron chi connectivity index (χ4n) is 6.62. The van der Waals surface area contributed by atoms with E-state index in [9.17, 15) is 5.26 Å². The van der Waals surface area contributed by atoms with Crippen molar-refractivity contribution in [2.24, 2.45) is 22.7 Å². The van der Waals surface area contributed by atoms with Gasteiger partial charge in [0.1, 0.15) is 17.4 Å². The number of rotatable bonds is 6. The summed E-state index contributed by atoms with van der Waals surface area (Å²) in [4.78, 5) is 6.75. The summed E-state index contributed by atoms with van der Waals surface area (Å²) in [5.74, 6) is 3.24. The minimum Gasteiger partial charge on any atom is -0.443 e. The van der Waals surface area contributed by atoms with Crippen LogP contribution in [0.15, 0.2) is 17.1 Å². The summed E-state index contributed by atoms with van der Waals surface area (Å²) in [5, 5.41) is 10.8. The molecule has 2 aromatic rings. The Labute approximate surface area is 201 Å². The van der Waals surface area contributed by atoms with Crippen molar-refractivity contribution in [2.75, 3.05) is 7.05 Å². The standard InChI is InChI=1S/C27H34N4OS/c1-16(2)31(5)15-29-23-6-18(4)24(7-17(23)3)32-26-22(14-28)25(30-33-26)27-11-19-8-20(12-27)10-21(9-19)13-27/h6-7,15-16,19-21H,8-13H2,1-5H3/b29-15-. The van der Waals surface area contributed by atoms with E-state index < -0.39 is 0 Å². The van der Waals surface area contributed by atoms with Crippen molar-refractivity contribution in [1.82, 2.24) is 9.27 Å². The normalized spacial score (nSPS) is 28.0. The zero-order chi connectivity index (χ0) is 23.3. The molecule has 33 heavy (non-hydrogen) atoms. The van der Waals surface area contributed by atoms with Gasteiger partial charge >= 0.3 is 0 Å². The van der Waals surface area contributed by atoms with Crippen LogP contribution in [0.2, 0.25) is 0 Å². The van der Waals surface area contributed by atoms with Gasteiger partial charge in [-0.15, -0.1) is 0 Å². The Morgan fingerprint density at radius 3 is 2.36 bits per heavy atom. The van der Waals surface area contributed by atoms with Gasteiger partial charge in [-0.3, -0.25) is 0 Å². The Morgan fingerprint density at radius 2 is 1.79 bits per heavy atom. The van der Waals surface area contributed by atoms with Gasteiger partial charge in [0, 0.05) is 30.0 Å². The van der Waals surface area contributed by atoms with Crippen molar-refractivity contribution in [1.29, 1.82) is 5.26 Å². The molecule has 6 heteroatoms. The monoisotopic (exact) mass is 462 g/mol. The fraction of sp³-hybridized carbons (Fsp3) is 0.593. The summed E-state index contributed by atoms with van der Waals surface area (Å²) in [7, 11) is 2.03. The highest BCUT2D eigenvalue weighted by atomic mass is 32.1. The molecule has 0 radical (unpaired) electrons. The first kappa shape index (κ1) is 22.4. The maximum absolute atomic E-state index is 10.1. The molecule has 0 unspecified atom stereocenters. The molecular weight excluding hydrogens is 428 g/mol. The molecule has 174 valence electrons. The lowest BCUT2D eigenvalue weighted by atomic mass is 9.48. The molecule has 4 bridgehead atoms. The predicted octanol–water partition coefficient (Wildman–Crippen LogP) is 6.89. The first-order valence-electron chi connectivity index (χ1n) is 12.2. The number of aryl methyl sites for hydroxylation is 2. The molecule has 6 rings (SSSR count). The number of nitrogens with zero attached hydrogens (tertiary/aromatic N) is 4. The number of ether oxygens (including phenoxy) is 1. The summed E-state index contributed by atoms with van der Waals surface area (Å²) in [6.45, 7) is 8.36. The Bertz CT molecular complexity index is 1090. The third-order valence-corrected chi connectivity index (χ3v) is 8.93. The van der Waals surface area contributed by atoms with Crippen LogP contribution in [0, 0.1) is 42.9 Å². The number of hydrogen-bond acceptors (Lipinski definition) is 5. The molecule has 0 saturated heterocycles. The molecule has 4 fully saturated rings. The van der Waals surface area contributed by atoms with Crippen molar-refractivity contribution in [3.05, 3.63) is 34.5 Å². The molecule has 1 aromatic carbocycles. The highest BCUT2D eigenvalue weighted by molar-refractivity contribution is 7.08. The number of hydrogen-bond donors (Lipinski definition) is 0. The lowest BCUT2D eigenvalue weighted by molar-refractivity contribution is -0.00693. The Hall–Kier alpha value is -2.39. The predicted molar refractivity (Wildman–Crippen MR) is 134 cm³/mol. The minimum atomic E-state index is 0.101. The van der Waals surface area contributed by atoms with Crippen LogP contribution in [-0.4, -0.2) is 28.7 Å². The van der Waals surface area contributed by atoms with Crippen LogP contribution in [0.1, 0.15) is 74.8 Å². The molecule has 4 aliphatic rings. The summed E-state index contributed by atoms with van der Waals surface area (Å²) in [6.07, 6.45) is 9.63. The molecular formula is C27H34N4OS. The quantitative estimate of drug-likeness (QED) is 0.346. The molecule has 5 nitrogen and oxygen atoms in total. The SMILES string of the molecule is Cc1cc(Oc2snc(C34CC5CC(CC(C5)C3)C4)c2C#N)c(C)cc1/N=C\N(C)C(C)C. The summed E-state index contributed by atoms with van der Waals surface area (Å²) in [6, 6.07) is 6.96. The highest BCUT2D eigenvalue weighted by Gasteiger charge is 2.53. The van der Waals surface area contributed by atoms with E-state index in [4.69, 9.17) is 9.11 Å². The van der Waals surface area contributed by atoms with E-state index in [1.807, 2.05) is 33.3 Å². The smallest absolute Gasteiger partial charge is 0.218 e. The van der Waals surface area contributed by atoms with Gasteiger partial charge in [-0.2, -0.15) is 9.64 Å². The van der Waals surface area contributed by atoms with Crippen LogP contribution < -0.4 is 4.74 Å². The van der Waals surface area contributed by atoms with Crippen molar-refractivity contribution < 1.29 is 4.74 Å². The van der Waals surface area contributed by atoms with Gasteiger partial charge in [-0.25, -0.2) is 4.99 Å². The molecule has 1 aromatic heterocycles. The molecule has 0 spiro atoms. The Kier molecular flexibility index (Phi) is 5.73. The van der Waals surface area contributed by atoms with E-state index in [1.54, 1.807) is 0 Å². The molecule has 0 aliphatic heterocycles. The first-order chi connectivity index (χ1) is 15.8. The van der Waals surface area contributed by atoms with Gasteiger partial charge in [-0.05, 0) is 107 Å². The molecule has 0 amide bonds. The van der Waals surface area contributed by atoms with Gasteiger partial charge in [-0.1, -0.05) is 0 Å².